The Hall–Kier alpha value is -0.960. The molecule has 3 heteroatoms. The van der Waals surface area contributed by atoms with Crippen molar-refractivity contribution in [3.05, 3.63) is 35.4 Å². The molecule has 0 atom stereocenters. The number of benzene rings is 1. The van der Waals surface area contributed by atoms with E-state index >= 15 is 0 Å². The number of amides is 1. The Morgan fingerprint density at radius 2 is 1.91 bits per heavy atom. The zero-order valence-electron chi connectivity index (χ0n) is 5.95. The van der Waals surface area contributed by atoms with Gasteiger partial charge in [0.1, 0.15) is 0 Å². The number of carbonyl (C=O) groups excluding carboxylic acids is 1. The van der Waals surface area contributed by atoms with Gasteiger partial charge in [0.05, 0.1) is 0 Å². The number of nitrogens with two attached hydrogens (primary N) is 1. The van der Waals surface area contributed by atoms with E-state index in [9.17, 15) is 4.79 Å². The maximum Gasteiger partial charge on any atom is 0.248 e. The molecule has 0 bridgehead atoms. The maximum atomic E-state index is 10.6. The van der Waals surface area contributed by atoms with Crippen LogP contribution in [0.4, 0.5) is 0 Å². The summed E-state index contributed by atoms with van der Waals surface area (Å²) in [7, 11) is 0. The summed E-state index contributed by atoms with van der Waals surface area (Å²) in [5.74, 6) is 0.287. The minimum atomic E-state index is -0.393. The summed E-state index contributed by atoms with van der Waals surface area (Å²) >= 11 is 4.08. The highest BCUT2D eigenvalue weighted by molar-refractivity contribution is 7.79. The summed E-state index contributed by atoms with van der Waals surface area (Å²) in [4.78, 5) is 10.6. The van der Waals surface area contributed by atoms with Gasteiger partial charge in [-0.2, -0.15) is 12.6 Å². The molecule has 0 heterocycles. The van der Waals surface area contributed by atoms with Gasteiger partial charge in [-0.15, -0.1) is 0 Å². The fraction of sp³-hybridized carbons (Fsp3) is 0.125. The van der Waals surface area contributed by atoms with Gasteiger partial charge >= 0.3 is 0 Å². The SMILES string of the molecule is NC(=O)c1ccc(CS)cc1. The first-order valence-corrected chi connectivity index (χ1v) is 3.87. The van der Waals surface area contributed by atoms with Crippen LogP contribution < -0.4 is 5.73 Å². The van der Waals surface area contributed by atoms with Gasteiger partial charge < -0.3 is 5.73 Å². The number of hydrogen-bond acceptors (Lipinski definition) is 2. The number of primary amides is 1. The first kappa shape index (κ1) is 8.14. The topological polar surface area (TPSA) is 43.1 Å². The van der Waals surface area contributed by atoms with E-state index in [1.807, 2.05) is 12.1 Å². The molecule has 2 N–H and O–H groups in total. The lowest BCUT2D eigenvalue weighted by Gasteiger charge is -1.96. The van der Waals surface area contributed by atoms with Crippen molar-refractivity contribution in [3.8, 4) is 0 Å². The van der Waals surface area contributed by atoms with Crippen LogP contribution in [0.2, 0.25) is 0 Å². The number of hydrogen-bond donors (Lipinski definition) is 2. The predicted molar refractivity (Wildman–Crippen MR) is 47.6 cm³/mol. The second-order valence-corrected chi connectivity index (χ2v) is 2.54. The molecule has 0 saturated heterocycles. The van der Waals surface area contributed by atoms with Crippen LogP contribution in [0.1, 0.15) is 15.9 Å². The zero-order valence-corrected chi connectivity index (χ0v) is 6.84. The van der Waals surface area contributed by atoms with Crippen molar-refractivity contribution in [1.29, 1.82) is 0 Å². The van der Waals surface area contributed by atoms with Crippen LogP contribution >= 0.6 is 12.6 Å². The Bertz CT molecular complexity index is 255. The van der Waals surface area contributed by atoms with E-state index in [0.29, 0.717) is 11.3 Å². The lowest BCUT2D eigenvalue weighted by atomic mass is 10.1. The molecule has 0 aromatic heterocycles. The molecular formula is C8H9NOS. The number of rotatable bonds is 2. The van der Waals surface area contributed by atoms with E-state index in [1.165, 1.54) is 0 Å². The van der Waals surface area contributed by atoms with Crippen molar-refractivity contribution in [2.45, 2.75) is 5.75 Å². The van der Waals surface area contributed by atoms with Crippen molar-refractivity contribution >= 4 is 18.5 Å². The second-order valence-electron chi connectivity index (χ2n) is 2.22. The summed E-state index contributed by atoms with van der Waals surface area (Å²) in [5.41, 5.74) is 6.67. The lowest BCUT2D eigenvalue weighted by molar-refractivity contribution is 0.100. The minimum Gasteiger partial charge on any atom is -0.366 e. The second kappa shape index (κ2) is 3.44. The van der Waals surface area contributed by atoms with E-state index in [2.05, 4.69) is 12.6 Å². The average molecular weight is 167 g/mol. The molecule has 0 aliphatic carbocycles. The fourth-order valence-electron chi connectivity index (χ4n) is 0.774. The molecule has 0 fully saturated rings. The van der Waals surface area contributed by atoms with Crippen molar-refractivity contribution < 1.29 is 4.79 Å². The van der Waals surface area contributed by atoms with Gasteiger partial charge in [0.25, 0.3) is 0 Å². The lowest BCUT2D eigenvalue weighted by Crippen LogP contribution is -2.10. The third-order valence-corrected chi connectivity index (χ3v) is 1.79. The Morgan fingerprint density at radius 1 is 1.36 bits per heavy atom. The standard InChI is InChI=1S/C8H9NOS/c9-8(10)7-3-1-6(5-11)2-4-7/h1-4,11H,5H2,(H2,9,10). The number of carbonyl (C=O) groups is 1. The molecule has 11 heavy (non-hydrogen) atoms. The van der Waals surface area contributed by atoms with E-state index < -0.39 is 5.91 Å². The zero-order chi connectivity index (χ0) is 8.27. The first-order valence-electron chi connectivity index (χ1n) is 3.23. The van der Waals surface area contributed by atoms with Crippen molar-refractivity contribution in [2.75, 3.05) is 0 Å². The summed E-state index contributed by atoms with van der Waals surface area (Å²) in [6.07, 6.45) is 0. The van der Waals surface area contributed by atoms with Gasteiger partial charge in [-0.3, -0.25) is 4.79 Å². The molecule has 2 nitrogen and oxygen atoms in total. The van der Waals surface area contributed by atoms with E-state index in [-0.39, 0.29) is 0 Å². The van der Waals surface area contributed by atoms with Gasteiger partial charge in [-0.05, 0) is 17.7 Å². The van der Waals surface area contributed by atoms with Crippen LogP contribution in [0.5, 0.6) is 0 Å². The van der Waals surface area contributed by atoms with Gasteiger partial charge in [-0.1, -0.05) is 12.1 Å². The molecule has 0 unspecified atom stereocenters. The molecule has 1 aromatic rings. The Labute approximate surface area is 70.8 Å². The quantitative estimate of drug-likeness (QED) is 0.639. The highest BCUT2D eigenvalue weighted by atomic mass is 32.1. The predicted octanol–water partition coefficient (Wildman–Crippen LogP) is 1.22. The third-order valence-electron chi connectivity index (χ3n) is 1.42. The van der Waals surface area contributed by atoms with E-state index in [0.717, 1.165) is 5.56 Å². The van der Waals surface area contributed by atoms with Crippen LogP contribution in [-0.2, 0) is 5.75 Å². The van der Waals surface area contributed by atoms with Crippen molar-refractivity contribution in [2.24, 2.45) is 5.73 Å². The minimum absolute atomic E-state index is 0.393. The highest BCUT2D eigenvalue weighted by Crippen LogP contribution is 2.05. The molecule has 1 amide bonds. The molecule has 58 valence electrons. The summed E-state index contributed by atoms with van der Waals surface area (Å²) in [5, 5.41) is 0. The summed E-state index contributed by atoms with van der Waals surface area (Å²) in [6.45, 7) is 0. The summed E-state index contributed by atoms with van der Waals surface area (Å²) in [6, 6.07) is 7.09. The highest BCUT2D eigenvalue weighted by Gasteiger charge is 1.97. The smallest absolute Gasteiger partial charge is 0.248 e. The van der Waals surface area contributed by atoms with Crippen LogP contribution in [-0.4, -0.2) is 5.91 Å². The maximum absolute atomic E-state index is 10.6. The molecule has 0 saturated carbocycles. The molecule has 0 radical (unpaired) electrons. The summed E-state index contributed by atoms with van der Waals surface area (Å²) < 4.78 is 0. The van der Waals surface area contributed by atoms with Crippen LogP contribution in [0.25, 0.3) is 0 Å². The normalized spacial score (nSPS) is 9.55. The van der Waals surface area contributed by atoms with Crippen LogP contribution in [0.3, 0.4) is 0 Å². The third kappa shape index (κ3) is 1.98. The first-order chi connectivity index (χ1) is 5.24. The van der Waals surface area contributed by atoms with Gasteiger partial charge in [0, 0.05) is 11.3 Å². The molecule has 1 aromatic carbocycles. The average Bonchev–Trinajstić information content (AvgIpc) is 2.05. The monoisotopic (exact) mass is 167 g/mol. The molecular weight excluding hydrogens is 158 g/mol. The van der Waals surface area contributed by atoms with Gasteiger partial charge in [-0.25, -0.2) is 0 Å². The largest absolute Gasteiger partial charge is 0.366 e. The fourth-order valence-corrected chi connectivity index (χ4v) is 0.985. The molecule has 0 spiro atoms. The van der Waals surface area contributed by atoms with Gasteiger partial charge in [0.2, 0.25) is 5.91 Å². The Kier molecular flexibility index (Phi) is 2.54. The van der Waals surface area contributed by atoms with E-state index in [1.54, 1.807) is 12.1 Å². The Morgan fingerprint density at radius 3 is 2.27 bits per heavy atom. The molecule has 0 aliphatic rings. The Balaban J connectivity index is 2.91. The van der Waals surface area contributed by atoms with Gasteiger partial charge in [0.15, 0.2) is 0 Å². The van der Waals surface area contributed by atoms with E-state index in [4.69, 9.17) is 5.73 Å². The number of thiol groups is 1. The van der Waals surface area contributed by atoms with Crippen LogP contribution in [0, 0.1) is 0 Å². The van der Waals surface area contributed by atoms with Crippen LogP contribution in [0.15, 0.2) is 24.3 Å². The van der Waals surface area contributed by atoms with Crippen molar-refractivity contribution in [3.63, 3.8) is 0 Å². The molecule has 1 rings (SSSR count). The molecule has 0 aliphatic heterocycles. The van der Waals surface area contributed by atoms with Crippen molar-refractivity contribution in [1.82, 2.24) is 0 Å².